The molecule has 0 saturated carbocycles. The van der Waals surface area contributed by atoms with E-state index in [2.05, 4.69) is 10.6 Å². The second-order valence-corrected chi connectivity index (χ2v) is 8.70. The van der Waals surface area contributed by atoms with E-state index in [9.17, 15) is 19.2 Å². The minimum Gasteiger partial charge on any atom is -0.370 e. The van der Waals surface area contributed by atoms with E-state index < -0.39 is 35.4 Å². The van der Waals surface area contributed by atoms with Gasteiger partial charge in [-0.1, -0.05) is 48.5 Å². The minimum atomic E-state index is -1.36. The van der Waals surface area contributed by atoms with E-state index in [1.54, 1.807) is 24.3 Å². The molecule has 5 atom stereocenters. The summed E-state index contributed by atoms with van der Waals surface area (Å²) in [7, 11) is 0. The van der Waals surface area contributed by atoms with Gasteiger partial charge < -0.3 is 11.1 Å². The Bertz CT molecular complexity index is 1130. The quantitative estimate of drug-likeness (QED) is 0.617. The van der Waals surface area contributed by atoms with Gasteiger partial charge in [0.25, 0.3) is 0 Å². The summed E-state index contributed by atoms with van der Waals surface area (Å²) < 4.78 is 0. The molecule has 2 aromatic carbocycles. The summed E-state index contributed by atoms with van der Waals surface area (Å²) in [6.45, 7) is 1.81. The number of nitrogens with two attached hydrogens (primary N) is 1. The van der Waals surface area contributed by atoms with Crippen LogP contribution in [0.3, 0.4) is 0 Å². The highest BCUT2D eigenvalue weighted by Gasteiger charge is 2.70. The Morgan fingerprint density at radius 3 is 2.47 bits per heavy atom. The molecule has 0 radical (unpaired) electrons. The van der Waals surface area contributed by atoms with Crippen LogP contribution < -0.4 is 16.4 Å². The number of nitrogens with zero attached hydrogens (tertiary/aromatic N) is 1. The fourth-order valence-electron chi connectivity index (χ4n) is 5.59. The SMILES string of the molecule is C[C@@H](c1ccccc1)N1C(=O)[C@H]2[C@@H](C1=O)[C@]1(N[C@@H]2CCC(N)=O)C(=O)Nc2ccccc21. The van der Waals surface area contributed by atoms with Crippen molar-refractivity contribution >= 4 is 29.3 Å². The number of amides is 4. The number of para-hydroxylation sites is 1. The molecule has 0 aromatic heterocycles. The summed E-state index contributed by atoms with van der Waals surface area (Å²) in [4.78, 5) is 53.6. The first kappa shape index (κ1) is 20.4. The maximum Gasteiger partial charge on any atom is 0.250 e. The number of anilines is 1. The number of hydrogen-bond donors (Lipinski definition) is 3. The van der Waals surface area contributed by atoms with E-state index in [4.69, 9.17) is 5.73 Å². The van der Waals surface area contributed by atoms with Crippen LogP contribution in [0.5, 0.6) is 0 Å². The van der Waals surface area contributed by atoms with E-state index in [1.807, 2.05) is 37.3 Å². The van der Waals surface area contributed by atoms with Gasteiger partial charge in [0.2, 0.25) is 23.6 Å². The van der Waals surface area contributed by atoms with Crippen molar-refractivity contribution in [2.24, 2.45) is 17.6 Å². The van der Waals surface area contributed by atoms with Crippen LogP contribution in [0.15, 0.2) is 54.6 Å². The molecule has 8 heteroatoms. The van der Waals surface area contributed by atoms with E-state index in [-0.39, 0.29) is 30.6 Å². The highest BCUT2D eigenvalue weighted by Crippen LogP contribution is 2.54. The number of benzene rings is 2. The van der Waals surface area contributed by atoms with E-state index in [1.165, 1.54) is 4.90 Å². The second-order valence-electron chi connectivity index (χ2n) is 8.70. The largest absolute Gasteiger partial charge is 0.370 e. The van der Waals surface area contributed by atoms with Crippen molar-refractivity contribution in [2.45, 2.75) is 37.4 Å². The third-order valence-electron chi connectivity index (χ3n) is 7.03. The number of imide groups is 1. The van der Waals surface area contributed by atoms with Gasteiger partial charge in [-0.05, 0) is 25.0 Å². The summed E-state index contributed by atoms with van der Waals surface area (Å²) in [6, 6.07) is 15.5. The Labute approximate surface area is 185 Å². The number of likely N-dealkylation sites (tertiary alicyclic amines) is 1. The van der Waals surface area contributed by atoms with Gasteiger partial charge in [-0.3, -0.25) is 29.4 Å². The molecule has 1 spiro atoms. The van der Waals surface area contributed by atoms with E-state index >= 15 is 0 Å². The highest BCUT2D eigenvalue weighted by molar-refractivity contribution is 6.15. The first-order chi connectivity index (χ1) is 15.4. The fraction of sp³-hybridized carbons (Fsp3) is 0.333. The zero-order valence-electron chi connectivity index (χ0n) is 17.6. The van der Waals surface area contributed by atoms with Crippen LogP contribution in [-0.4, -0.2) is 34.6 Å². The highest BCUT2D eigenvalue weighted by atomic mass is 16.2. The van der Waals surface area contributed by atoms with Crippen LogP contribution in [0.2, 0.25) is 0 Å². The Hall–Kier alpha value is -3.52. The number of carbonyl (C=O) groups excluding carboxylic acids is 4. The van der Waals surface area contributed by atoms with Gasteiger partial charge in [-0.25, -0.2) is 0 Å². The Kier molecular flexibility index (Phi) is 4.63. The zero-order chi connectivity index (χ0) is 22.6. The van der Waals surface area contributed by atoms with Crippen molar-refractivity contribution < 1.29 is 19.2 Å². The minimum absolute atomic E-state index is 0.0515. The summed E-state index contributed by atoms with van der Waals surface area (Å²) in [5.41, 5.74) is 6.11. The molecule has 0 unspecified atom stereocenters. The van der Waals surface area contributed by atoms with Crippen molar-refractivity contribution in [3.8, 4) is 0 Å². The van der Waals surface area contributed by atoms with Gasteiger partial charge in [-0.2, -0.15) is 0 Å². The van der Waals surface area contributed by atoms with Crippen molar-refractivity contribution in [3.63, 3.8) is 0 Å². The summed E-state index contributed by atoms with van der Waals surface area (Å²) in [6.07, 6.45) is 0.316. The normalized spacial score (nSPS) is 29.2. The average Bonchev–Trinajstić information content (AvgIpc) is 3.37. The monoisotopic (exact) mass is 432 g/mol. The molecule has 3 heterocycles. The average molecular weight is 432 g/mol. The number of nitrogens with one attached hydrogen (secondary N) is 2. The molecule has 0 aliphatic carbocycles. The van der Waals surface area contributed by atoms with Crippen molar-refractivity contribution in [1.29, 1.82) is 0 Å². The fourth-order valence-corrected chi connectivity index (χ4v) is 5.59. The van der Waals surface area contributed by atoms with Gasteiger partial charge in [0.05, 0.1) is 17.9 Å². The van der Waals surface area contributed by atoms with Crippen LogP contribution in [0, 0.1) is 11.8 Å². The molecule has 0 bridgehead atoms. The molecule has 3 aliphatic rings. The van der Waals surface area contributed by atoms with Crippen molar-refractivity contribution in [3.05, 3.63) is 65.7 Å². The molecule has 164 valence electrons. The molecule has 3 aliphatic heterocycles. The first-order valence-corrected chi connectivity index (χ1v) is 10.7. The number of rotatable bonds is 5. The molecule has 4 N–H and O–H groups in total. The van der Waals surface area contributed by atoms with Crippen LogP contribution in [0.1, 0.15) is 36.9 Å². The second kappa shape index (κ2) is 7.27. The lowest BCUT2D eigenvalue weighted by molar-refractivity contribution is -0.145. The lowest BCUT2D eigenvalue weighted by Crippen LogP contribution is -2.53. The number of fused-ring (bicyclic) bond motifs is 4. The van der Waals surface area contributed by atoms with Gasteiger partial charge in [-0.15, -0.1) is 0 Å². The van der Waals surface area contributed by atoms with Crippen molar-refractivity contribution in [1.82, 2.24) is 10.2 Å². The standard InChI is InChI=1S/C24H24N4O4/c1-13(14-7-3-2-4-8-14)28-21(30)19-17(11-12-18(25)29)27-24(20(19)22(28)31)15-9-5-6-10-16(15)26-23(24)32/h2-10,13,17,19-20,27H,11-12H2,1H3,(H2,25,29)(H,26,32)/t13-,17+,19+,20-,24-/m0/s1. The van der Waals surface area contributed by atoms with E-state index in [0.29, 0.717) is 11.3 Å². The molecular weight excluding hydrogens is 408 g/mol. The predicted molar refractivity (Wildman–Crippen MR) is 116 cm³/mol. The molecule has 8 nitrogen and oxygen atoms in total. The smallest absolute Gasteiger partial charge is 0.250 e. The van der Waals surface area contributed by atoms with Gasteiger partial charge in [0.15, 0.2) is 0 Å². The Morgan fingerprint density at radius 1 is 1.06 bits per heavy atom. The Morgan fingerprint density at radius 2 is 1.75 bits per heavy atom. The maximum absolute atomic E-state index is 13.8. The lowest BCUT2D eigenvalue weighted by Gasteiger charge is -2.31. The van der Waals surface area contributed by atoms with Crippen LogP contribution in [-0.2, 0) is 24.7 Å². The van der Waals surface area contributed by atoms with E-state index in [0.717, 1.165) is 5.56 Å². The lowest BCUT2D eigenvalue weighted by atomic mass is 9.76. The predicted octanol–water partition coefficient (Wildman–Crippen LogP) is 1.43. The zero-order valence-corrected chi connectivity index (χ0v) is 17.6. The molecule has 5 rings (SSSR count). The number of hydrogen-bond acceptors (Lipinski definition) is 5. The summed E-state index contributed by atoms with van der Waals surface area (Å²) in [5.74, 6) is -3.21. The third-order valence-corrected chi connectivity index (χ3v) is 7.03. The molecular formula is C24H24N4O4. The molecule has 2 aromatic rings. The maximum atomic E-state index is 13.8. The third kappa shape index (κ3) is 2.72. The van der Waals surface area contributed by atoms with Gasteiger partial charge >= 0.3 is 0 Å². The molecule has 32 heavy (non-hydrogen) atoms. The Balaban J connectivity index is 1.61. The summed E-state index contributed by atoms with van der Waals surface area (Å²) in [5, 5.41) is 6.17. The topological polar surface area (TPSA) is 122 Å². The number of primary amides is 1. The molecule has 4 amide bonds. The number of carbonyl (C=O) groups is 4. The van der Waals surface area contributed by atoms with Crippen molar-refractivity contribution in [2.75, 3.05) is 5.32 Å². The van der Waals surface area contributed by atoms with Crippen LogP contribution in [0.25, 0.3) is 0 Å². The van der Waals surface area contributed by atoms with Crippen LogP contribution in [0.4, 0.5) is 5.69 Å². The van der Waals surface area contributed by atoms with Crippen LogP contribution >= 0.6 is 0 Å². The summed E-state index contributed by atoms with van der Waals surface area (Å²) >= 11 is 0. The first-order valence-electron chi connectivity index (χ1n) is 10.7. The molecule has 2 fully saturated rings. The van der Waals surface area contributed by atoms with Gasteiger partial charge in [0, 0.05) is 23.7 Å². The van der Waals surface area contributed by atoms with Gasteiger partial charge in [0.1, 0.15) is 5.54 Å². The molecule has 2 saturated heterocycles.